The van der Waals surface area contributed by atoms with Gasteiger partial charge in [0.1, 0.15) is 18.2 Å². The molecule has 0 heterocycles. The van der Waals surface area contributed by atoms with E-state index in [4.69, 9.17) is 18.9 Å². The molecule has 21 heavy (non-hydrogen) atoms. The average Bonchev–Trinajstić information content (AvgIpc) is 2.45. The molecule has 0 bridgehead atoms. The van der Waals surface area contributed by atoms with E-state index in [9.17, 15) is 9.50 Å². The first kappa shape index (κ1) is 17.8. The summed E-state index contributed by atoms with van der Waals surface area (Å²) in [7, 11) is 1.62. The predicted molar refractivity (Wildman–Crippen MR) is 76.0 cm³/mol. The molecule has 0 saturated carbocycles. The molecule has 1 aromatic rings. The maximum Gasteiger partial charge on any atom is 0.128 e. The van der Waals surface area contributed by atoms with Crippen molar-refractivity contribution < 1.29 is 28.4 Å². The van der Waals surface area contributed by atoms with Crippen LogP contribution in [0.5, 0.6) is 5.75 Å². The van der Waals surface area contributed by atoms with E-state index in [1.54, 1.807) is 14.0 Å². The molecule has 0 amide bonds. The van der Waals surface area contributed by atoms with E-state index in [0.29, 0.717) is 44.3 Å². The third kappa shape index (κ3) is 7.38. The highest BCUT2D eigenvalue weighted by molar-refractivity contribution is 5.35. The number of benzene rings is 1. The van der Waals surface area contributed by atoms with E-state index in [1.165, 1.54) is 18.2 Å². The van der Waals surface area contributed by atoms with Gasteiger partial charge in [0.2, 0.25) is 0 Å². The van der Waals surface area contributed by atoms with Crippen LogP contribution >= 0.6 is 0 Å². The first-order valence-corrected chi connectivity index (χ1v) is 6.90. The Balaban J connectivity index is 2.19. The van der Waals surface area contributed by atoms with E-state index in [1.807, 2.05) is 0 Å². The van der Waals surface area contributed by atoms with Gasteiger partial charge in [-0.3, -0.25) is 0 Å². The van der Waals surface area contributed by atoms with Gasteiger partial charge in [0.25, 0.3) is 0 Å². The Bertz CT molecular complexity index is 398. The molecule has 0 aliphatic heterocycles. The summed E-state index contributed by atoms with van der Waals surface area (Å²) in [5, 5.41) is 9.58. The topological polar surface area (TPSA) is 57.2 Å². The van der Waals surface area contributed by atoms with Crippen molar-refractivity contribution in [3.63, 3.8) is 0 Å². The standard InChI is InChI=1S/C15H23FO5/c1-12(17)14-4-3-13(16)11-15(14)21-10-9-20-8-7-19-6-5-18-2/h3-4,11-12,17H,5-10H2,1-2H3. The zero-order valence-corrected chi connectivity index (χ0v) is 12.5. The fraction of sp³-hybridized carbons (Fsp3) is 0.600. The van der Waals surface area contributed by atoms with Crippen LogP contribution in [-0.4, -0.2) is 51.9 Å². The summed E-state index contributed by atoms with van der Waals surface area (Å²) in [4.78, 5) is 0. The predicted octanol–water partition coefficient (Wildman–Crippen LogP) is 1.94. The van der Waals surface area contributed by atoms with E-state index in [-0.39, 0.29) is 6.61 Å². The second kappa shape index (κ2) is 10.5. The van der Waals surface area contributed by atoms with E-state index < -0.39 is 11.9 Å². The summed E-state index contributed by atoms with van der Waals surface area (Å²) in [6.07, 6.45) is -0.712. The molecule has 0 radical (unpaired) electrons. The quantitative estimate of drug-likeness (QED) is 0.633. The van der Waals surface area contributed by atoms with Gasteiger partial charge in [0.05, 0.1) is 39.1 Å². The van der Waals surface area contributed by atoms with Crippen LogP contribution in [0.3, 0.4) is 0 Å². The molecule has 0 aliphatic carbocycles. The van der Waals surface area contributed by atoms with Crippen molar-refractivity contribution in [1.82, 2.24) is 0 Å². The molecule has 1 N–H and O–H groups in total. The number of hydrogen-bond donors (Lipinski definition) is 1. The normalized spacial score (nSPS) is 12.4. The fourth-order valence-corrected chi connectivity index (χ4v) is 1.65. The van der Waals surface area contributed by atoms with Gasteiger partial charge in [-0.1, -0.05) is 0 Å². The lowest BCUT2D eigenvalue weighted by Gasteiger charge is -2.13. The zero-order valence-electron chi connectivity index (χ0n) is 12.5. The Morgan fingerprint density at radius 2 is 1.67 bits per heavy atom. The molecule has 0 saturated heterocycles. The largest absolute Gasteiger partial charge is 0.491 e. The summed E-state index contributed by atoms with van der Waals surface area (Å²) < 4.78 is 34.0. The van der Waals surface area contributed by atoms with Gasteiger partial charge >= 0.3 is 0 Å². The van der Waals surface area contributed by atoms with Crippen molar-refractivity contribution in [2.24, 2.45) is 0 Å². The molecular formula is C15H23FO5. The Labute approximate surface area is 124 Å². The Morgan fingerprint density at radius 1 is 1.05 bits per heavy atom. The second-order valence-corrected chi connectivity index (χ2v) is 4.42. The summed E-state index contributed by atoms with van der Waals surface area (Å²) in [6, 6.07) is 4.07. The van der Waals surface area contributed by atoms with Gasteiger partial charge < -0.3 is 24.1 Å². The minimum Gasteiger partial charge on any atom is -0.491 e. The lowest BCUT2D eigenvalue weighted by atomic mass is 10.1. The van der Waals surface area contributed by atoms with Crippen LogP contribution < -0.4 is 4.74 Å². The van der Waals surface area contributed by atoms with Crippen LogP contribution in [-0.2, 0) is 14.2 Å². The molecule has 5 nitrogen and oxygen atoms in total. The van der Waals surface area contributed by atoms with Crippen LogP contribution in [0.4, 0.5) is 4.39 Å². The number of methoxy groups -OCH3 is 1. The highest BCUT2D eigenvalue weighted by Crippen LogP contribution is 2.25. The average molecular weight is 302 g/mol. The van der Waals surface area contributed by atoms with Crippen molar-refractivity contribution in [1.29, 1.82) is 0 Å². The van der Waals surface area contributed by atoms with Crippen LogP contribution in [0.2, 0.25) is 0 Å². The van der Waals surface area contributed by atoms with Gasteiger partial charge in [0.15, 0.2) is 0 Å². The Hall–Kier alpha value is -1.21. The second-order valence-electron chi connectivity index (χ2n) is 4.42. The molecule has 120 valence electrons. The van der Waals surface area contributed by atoms with Crippen LogP contribution in [0.15, 0.2) is 18.2 Å². The maximum atomic E-state index is 13.2. The molecule has 6 heteroatoms. The fourth-order valence-electron chi connectivity index (χ4n) is 1.65. The number of aliphatic hydroxyl groups excluding tert-OH is 1. The third-order valence-corrected chi connectivity index (χ3v) is 2.71. The van der Waals surface area contributed by atoms with E-state index in [0.717, 1.165) is 0 Å². The highest BCUT2D eigenvalue weighted by atomic mass is 19.1. The molecular weight excluding hydrogens is 279 g/mol. The summed E-state index contributed by atoms with van der Waals surface area (Å²) in [5.74, 6) is -0.0631. The van der Waals surface area contributed by atoms with Crippen LogP contribution in [0.25, 0.3) is 0 Å². The lowest BCUT2D eigenvalue weighted by Crippen LogP contribution is -2.13. The minimum absolute atomic E-state index is 0.279. The third-order valence-electron chi connectivity index (χ3n) is 2.71. The number of halogens is 1. The SMILES string of the molecule is COCCOCCOCCOc1cc(F)ccc1C(C)O. The van der Waals surface area contributed by atoms with Crippen molar-refractivity contribution in [2.45, 2.75) is 13.0 Å². The first-order valence-electron chi connectivity index (χ1n) is 6.90. The van der Waals surface area contributed by atoms with Gasteiger partial charge in [0, 0.05) is 18.7 Å². The van der Waals surface area contributed by atoms with Gasteiger partial charge in [-0.2, -0.15) is 0 Å². The molecule has 1 unspecified atom stereocenters. The van der Waals surface area contributed by atoms with Crippen molar-refractivity contribution in [3.8, 4) is 5.75 Å². The van der Waals surface area contributed by atoms with E-state index >= 15 is 0 Å². The minimum atomic E-state index is -0.712. The molecule has 0 spiro atoms. The summed E-state index contributed by atoms with van der Waals surface area (Å²) in [5.41, 5.74) is 0.555. The molecule has 0 aromatic heterocycles. The van der Waals surface area contributed by atoms with Gasteiger partial charge in [-0.15, -0.1) is 0 Å². The monoisotopic (exact) mass is 302 g/mol. The summed E-state index contributed by atoms with van der Waals surface area (Å²) >= 11 is 0. The molecule has 1 rings (SSSR count). The number of rotatable bonds is 11. The van der Waals surface area contributed by atoms with Crippen LogP contribution in [0, 0.1) is 5.82 Å². The number of hydrogen-bond acceptors (Lipinski definition) is 5. The van der Waals surface area contributed by atoms with E-state index in [2.05, 4.69) is 0 Å². The first-order chi connectivity index (χ1) is 10.1. The molecule has 0 fully saturated rings. The Kier molecular flexibility index (Phi) is 8.93. The number of aliphatic hydroxyl groups is 1. The summed E-state index contributed by atoms with van der Waals surface area (Å²) in [6.45, 7) is 4.29. The van der Waals surface area contributed by atoms with Crippen LogP contribution in [0.1, 0.15) is 18.6 Å². The Morgan fingerprint density at radius 3 is 2.29 bits per heavy atom. The maximum absolute atomic E-state index is 13.2. The van der Waals surface area contributed by atoms with Gasteiger partial charge in [-0.05, 0) is 19.1 Å². The molecule has 1 aromatic carbocycles. The van der Waals surface area contributed by atoms with Crippen molar-refractivity contribution >= 4 is 0 Å². The van der Waals surface area contributed by atoms with Crippen molar-refractivity contribution in [3.05, 3.63) is 29.6 Å². The van der Waals surface area contributed by atoms with Gasteiger partial charge in [-0.25, -0.2) is 4.39 Å². The smallest absolute Gasteiger partial charge is 0.128 e. The molecule has 1 atom stereocenters. The highest BCUT2D eigenvalue weighted by Gasteiger charge is 2.10. The zero-order chi connectivity index (χ0) is 15.5. The molecule has 0 aliphatic rings. The number of ether oxygens (including phenoxy) is 4. The van der Waals surface area contributed by atoms with Crippen molar-refractivity contribution in [2.75, 3.05) is 46.8 Å². The lowest BCUT2D eigenvalue weighted by molar-refractivity contribution is 0.0177.